The Hall–Kier alpha value is -3.10. The van der Waals surface area contributed by atoms with Crippen LogP contribution < -0.4 is 5.32 Å². The molecule has 4 rings (SSSR count). The molecular formula is C20H22N4O4. The van der Waals surface area contributed by atoms with Crippen molar-refractivity contribution in [2.24, 2.45) is 0 Å². The van der Waals surface area contributed by atoms with Crippen molar-refractivity contribution in [2.75, 3.05) is 44.7 Å². The molecule has 1 aliphatic rings. The number of carboxylic acid groups (broad SMARTS) is 1. The van der Waals surface area contributed by atoms with E-state index in [9.17, 15) is 15.0 Å². The summed E-state index contributed by atoms with van der Waals surface area (Å²) in [4.78, 5) is 21.1. The summed E-state index contributed by atoms with van der Waals surface area (Å²) in [7, 11) is 0. The Morgan fingerprint density at radius 3 is 2.64 bits per heavy atom. The fourth-order valence-corrected chi connectivity index (χ4v) is 3.32. The maximum Gasteiger partial charge on any atom is 0.337 e. The molecule has 0 amide bonds. The van der Waals surface area contributed by atoms with E-state index < -0.39 is 5.97 Å². The van der Waals surface area contributed by atoms with Gasteiger partial charge in [0.2, 0.25) is 0 Å². The average molecular weight is 382 g/mol. The lowest BCUT2D eigenvalue weighted by Gasteiger charge is -2.26. The molecular weight excluding hydrogens is 360 g/mol. The Kier molecular flexibility index (Phi) is 5.14. The number of phenolic OH excluding ortho intramolecular Hbond substituents is 1. The van der Waals surface area contributed by atoms with E-state index in [0.717, 1.165) is 50.6 Å². The number of nitrogens with one attached hydrogen (secondary N) is 2. The van der Waals surface area contributed by atoms with Crippen molar-refractivity contribution in [1.82, 2.24) is 14.9 Å². The van der Waals surface area contributed by atoms with E-state index in [2.05, 4.69) is 20.2 Å². The third-order valence-electron chi connectivity index (χ3n) is 4.87. The van der Waals surface area contributed by atoms with Crippen molar-refractivity contribution in [3.05, 3.63) is 42.0 Å². The molecule has 28 heavy (non-hydrogen) atoms. The number of hydrogen-bond acceptors (Lipinski definition) is 6. The lowest BCUT2D eigenvalue weighted by molar-refractivity contribution is 0.0398. The van der Waals surface area contributed by atoms with Gasteiger partial charge in [0.05, 0.1) is 18.8 Å². The minimum atomic E-state index is -1.08. The van der Waals surface area contributed by atoms with Crippen molar-refractivity contribution in [3.8, 4) is 17.1 Å². The fourth-order valence-electron chi connectivity index (χ4n) is 3.32. The molecule has 0 atom stereocenters. The first-order chi connectivity index (χ1) is 13.6. The molecule has 4 N–H and O–H groups in total. The minimum absolute atomic E-state index is 0.0276. The highest BCUT2D eigenvalue weighted by molar-refractivity contribution is 6.03. The molecule has 8 nitrogen and oxygen atoms in total. The molecule has 2 aromatic carbocycles. The molecule has 1 aliphatic heterocycles. The maximum absolute atomic E-state index is 11.4. The predicted octanol–water partition coefficient (Wildman–Crippen LogP) is 2.38. The second kappa shape index (κ2) is 7.87. The van der Waals surface area contributed by atoms with Crippen molar-refractivity contribution in [3.63, 3.8) is 0 Å². The number of hydrogen-bond donors (Lipinski definition) is 4. The van der Waals surface area contributed by atoms with Crippen LogP contribution in [-0.2, 0) is 4.74 Å². The molecule has 1 aromatic heterocycles. The van der Waals surface area contributed by atoms with Crippen LogP contribution in [0.5, 0.6) is 5.75 Å². The molecule has 8 heteroatoms. The number of benzene rings is 2. The minimum Gasteiger partial charge on any atom is -0.506 e. The van der Waals surface area contributed by atoms with E-state index >= 15 is 0 Å². The van der Waals surface area contributed by atoms with Crippen LogP contribution in [0.2, 0.25) is 0 Å². The zero-order chi connectivity index (χ0) is 19.5. The number of H-pyrrole nitrogens is 1. The van der Waals surface area contributed by atoms with Gasteiger partial charge in [-0.05, 0) is 36.4 Å². The quantitative estimate of drug-likeness (QED) is 0.518. The van der Waals surface area contributed by atoms with Crippen molar-refractivity contribution < 1.29 is 19.7 Å². The zero-order valence-electron chi connectivity index (χ0n) is 15.3. The van der Waals surface area contributed by atoms with Crippen LogP contribution in [-0.4, -0.2) is 70.4 Å². The van der Waals surface area contributed by atoms with Crippen LogP contribution in [0.4, 0.5) is 5.69 Å². The van der Waals surface area contributed by atoms with Gasteiger partial charge in [-0.1, -0.05) is 0 Å². The van der Waals surface area contributed by atoms with Crippen LogP contribution >= 0.6 is 0 Å². The van der Waals surface area contributed by atoms with Crippen LogP contribution in [0, 0.1) is 0 Å². The molecule has 0 radical (unpaired) electrons. The van der Waals surface area contributed by atoms with E-state index in [-0.39, 0.29) is 16.8 Å². The highest BCUT2D eigenvalue weighted by Crippen LogP contribution is 2.29. The van der Waals surface area contributed by atoms with Crippen molar-refractivity contribution in [1.29, 1.82) is 0 Å². The van der Waals surface area contributed by atoms with Crippen LogP contribution in [0.25, 0.3) is 22.4 Å². The molecule has 0 unspecified atom stereocenters. The number of ether oxygens (including phenoxy) is 1. The summed E-state index contributed by atoms with van der Waals surface area (Å²) in [5.41, 5.74) is 2.43. The number of aromatic amines is 1. The summed E-state index contributed by atoms with van der Waals surface area (Å²) in [6, 6.07) is 10.4. The molecule has 2 heterocycles. The summed E-state index contributed by atoms with van der Waals surface area (Å²) in [5, 5.41) is 22.7. The number of aromatic hydroxyl groups is 1. The summed E-state index contributed by atoms with van der Waals surface area (Å²) in [5.74, 6) is -0.595. The van der Waals surface area contributed by atoms with Crippen LogP contribution in [0.15, 0.2) is 36.4 Å². The Labute approximate surface area is 161 Å². The summed E-state index contributed by atoms with van der Waals surface area (Å²) in [6.07, 6.45) is 0. The van der Waals surface area contributed by atoms with E-state index in [1.54, 1.807) is 0 Å². The van der Waals surface area contributed by atoms with Gasteiger partial charge in [0.15, 0.2) is 0 Å². The van der Waals surface area contributed by atoms with Crippen molar-refractivity contribution >= 4 is 22.7 Å². The topological polar surface area (TPSA) is 111 Å². The summed E-state index contributed by atoms with van der Waals surface area (Å²) in [6.45, 7) is 5.35. The summed E-state index contributed by atoms with van der Waals surface area (Å²) < 4.78 is 5.35. The highest BCUT2D eigenvalue weighted by Gasteiger charge is 2.16. The molecule has 146 valence electrons. The van der Waals surface area contributed by atoms with Gasteiger partial charge in [-0.2, -0.15) is 0 Å². The number of nitrogens with zero attached hydrogens (tertiary/aromatic N) is 2. The van der Waals surface area contributed by atoms with E-state index in [1.165, 1.54) is 12.1 Å². The van der Waals surface area contributed by atoms with E-state index in [0.29, 0.717) is 11.3 Å². The number of fused-ring (bicyclic) bond motifs is 1. The molecule has 3 aromatic rings. The standard InChI is InChI=1S/C20H22N4O4/c25-16-6-5-15(20(26)27)17-18(16)23-19(22-17)13-1-3-14(4-2-13)21-7-8-24-9-11-28-12-10-24/h1-6,21,25H,7-12H2,(H,22,23)(H,26,27). The van der Waals surface area contributed by atoms with Crippen LogP contribution in [0.1, 0.15) is 10.4 Å². The number of carbonyl (C=O) groups is 1. The van der Waals surface area contributed by atoms with Gasteiger partial charge in [0, 0.05) is 37.4 Å². The van der Waals surface area contributed by atoms with Gasteiger partial charge in [-0.3, -0.25) is 4.90 Å². The van der Waals surface area contributed by atoms with E-state index in [4.69, 9.17) is 4.74 Å². The Morgan fingerprint density at radius 2 is 1.93 bits per heavy atom. The maximum atomic E-state index is 11.4. The lowest BCUT2D eigenvalue weighted by Crippen LogP contribution is -2.38. The van der Waals surface area contributed by atoms with Gasteiger partial charge >= 0.3 is 5.97 Å². The fraction of sp³-hybridized carbons (Fsp3) is 0.300. The molecule has 1 saturated heterocycles. The largest absolute Gasteiger partial charge is 0.506 e. The third kappa shape index (κ3) is 3.78. The predicted molar refractivity (Wildman–Crippen MR) is 106 cm³/mol. The SMILES string of the molecule is O=C(O)c1ccc(O)c2[nH]c(-c3ccc(NCCN4CCOCC4)cc3)nc12. The number of aromatic carboxylic acids is 1. The van der Waals surface area contributed by atoms with Gasteiger partial charge in [-0.25, -0.2) is 9.78 Å². The number of rotatable bonds is 6. The molecule has 0 aliphatic carbocycles. The highest BCUT2D eigenvalue weighted by atomic mass is 16.5. The zero-order valence-corrected chi connectivity index (χ0v) is 15.3. The Balaban J connectivity index is 1.47. The van der Waals surface area contributed by atoms with Gasteiger partial charge in [0.1, 0.15) is 22.6 Å². The van der Waals surface area contributed by atoms with Gasteiger partial charge < -0.3 is 25.3 Å². The number of morpholine rings is 1. The van der Waals surface area contributed by atoms with E-state index in [1.807, 2.05) is 24.3 Å². The van der Waals surface area contributed by atoms with Gasteiger partial charge in [0.25, 0.3) is 0 Å². The number of aromatic nitrogens is 2. The number of anilines is 1. The normalized spacial score (nSPS) is 15.0. The first kappa shape index (κ1) is 18.3. The van der Waals surface area contributed by atoms with Crippen molar-refractivity contribution in [2.45, 2.75) is 0 Å². The monoisotopic (exact) mass is 382 g/mol. The molecule has 0 bridgehead atoms. The smallest absolute Gasteiger partial charge is 0.337 e. The second-order valence-corrected chi connectivity index (χ2v) is 6.70. The molecule has 0 spiro atoms. The average Bonchev–Trinajstić information content (AvgIpc) is 3.15. The van der Waals surface area contributed by atoms with Crippen LogP contribution in [0.3, 0.4) is 0 Å². The Morgan fingerprint density at radius 1 is 1.18 bits per heavy atom. The number of carboxylic acids is 1. The summed E-state index contributed by atoms with van der Waals surface area (Å²) >= 11 is 0. The Bertz CT molecular complexity index is 978. The number of phenols is 1. The number of imidazole rings is 1. The third-order valence-corrected chi connectivity index (χ3v) is 4.87. The first-order valence-corrected chi connectivity index (χ1v) is 9.21. The first-order valence-electron chi connectivity index (χ1n) is 9.21. The second-order valence-electron chi connectivity index (χ2n) is 6.70. The molecule has 1 fully saturated rings. The molecule has 0 saturated carbocycles. The lowest BCUT2D eigenvalue weighted by atomic mass is 10.2. The van der Waals surface area contributed by atoms with Gasteiger partial charge in [-0.15, -0.1) is 0 Å².